The number of hydrogen-bond donors (Lipinski definition) is 3. The van der Waals surface area contributed by atoms with Gasteiger partial charge in [0.25, 0.3) is 0 Å². The zero-order chi connectivity index (χ0) is 36.3. The van der Waals surface area contributed by atoms with Gasteiger partial charge in [-0.05, 0) is 82.2 Å². The fourth-order valence-corrected chi connectivity index (χ4v) is 6.39. The molecular weight excluding hydrogens is 647 g/mol. The number of nitrogens with zero attached hydrogens (tertiary/aromatic N) is 5. The monoisotopic (exact) mass is 700 g/mol. The smallest absolute Gasteiger partial charge is 0.220 e. The van der Waals surface area contributed by atoms with Crippen molar-refractivity contribution >= 4 is 28.5 Å². The zero-order valence-electron chi connectivity index (χ0n) is 30.7. The third-order valence-electron chi connectivity index (χ3n) is 9.36. The van der Waals surface area contributed by atoms with Crippen molar-refractivity contribution in [1.29, 1.82) is 0 Å². The number of benzene rings is 2. The van der Waals surface area contributed by atoms with E-state index in [2.05, 4.69) is 65.0 Å². The van der Waals surface area contributed by atoms with Crippen LogP contribution in [-0.4, -0.2) is 89.9 Å². The van der Waals surface area contributed by atoms with Gasteiger partial charge in [0.2, 0.25) is 11.8 Å². The Bertz CT molecular complexity index is 1790. The van der Waals surface area contributed by atoms with Crippen LogP contribution in [0.15, 0.2) is 48.7 Å². The third-order valence-corrected chi connectivity index (χ3v) is 9.36. The van der Waals surface area contributed by atoms with E-state index in [4.69, 9.17) is 9.72 Å². The van der Waals surface area contributed by atoms with Gasteiger partial charge in [0.1, 0.15) is 5.82 Å². The number of nitrogens with one attached hydrogen (secondary N) is 3. The van der Waals surface area contributed by atoms with Crippen molar-refractivity contribution in [1.82, 2.24) is 35.2 Å². The Balaban J connectivity index is 1.16. The second-order valence-corrected chi connectivity index (χ2v) is 13.6. The normalized spacial score (nSPS) is 13.6. The summed E-state index contributed by atoms with van der Waals surface area (Å²) in [7, 11) is 6.19. The zero-order valence-corrected chi connectivity index (χ0v) is 30.7. The first-order valence-electron chi connectivity index (χ1n) is 18.1. The Labute approximate surface area is 300 Å². The Morgan fingerprint density at radius 1 is 0.961 bits per heavy atom. The number of hydrogen-bond acceptors (Lipinski definition) is 8. The van der Waals surface area contributed by atoms with Crippen molar-refractivity contribution in [3.63, 3.8) is 0 Å². The first kappa shape index (κ1) is 37.9. The second kappa shape index (κ2) is 18.2. The molecule has 4 aromatic rings. The fourth-order valence-electron chi connectivity index (χ4n) is 6.39. The van der Waals surface area contributed by atoms with E-state index >= 15 is 0 Å². The summed E-state index contributed by atoms with van der Waals surface area (Å²) in [6, 6.07) is 13.1. The molecule has 3 N–H and O–H groups in total. The highest BCUT2D eigenvalue weighted by atomic mass is 19.1. The lowest BCUT2D eigenvalue weighted by Crippen LogP contribution is -2.30. The van der Waals surface area contributed by atoms with Crippen LogP contribution in [0.5, 0.6) is 0 Å². The molecule has 2 amide bonds. The van der Waals surface area contributed by atoms with E-state index in [1.165, 1.54) is 6.07 Å². The number of carbonyl (C=O) groups is 2. The van der Waals surface area contributed by atoms with Crippen LogP contribution in [0.4, 0.5) is 10.1 Å². The molecule has 11 nitrogen and oxygen atoms in total. The SMILES string of the molecule is CCc1nc2c(cnn2CC)c(NC2CCOCC2)c1CNC(=O)CCC(=O)NCc1ccc(F)c(-c2cccc(CN(C)CCN(C)C)c2)c1. The minimum atomic E-state index is -0.314. The Morgan fingerprint density at radius 3 is 2.41 bits per heavy atom. The van der Waals surface area contributed by atoms with Crippen LogP contribution in [0.3, 0.4) is 0 Å². The highest BCUT2D eigenvalue weighted by Crippen LogP contribution is 2.31. The van der Waals surface area contributed by atoms with Gasteiger partial charge >= 0.3 is 0 Å². The number of rotatable bonds is 17. The Morgan fingerprint density at radius 2 is 1.71 bits per heavy atom. The van der Waals surface area contributed by atoms with E-state index in [1.807, 2.05) is 36.0 Å². The molecule has 51 heavy (non-hydrogen) atoms. The number of likely N-dealkylation sites (N-methyl/N-ethyl adjacent to an activating group) is 2. The van der Waals surface area contributed by atoms with Gasteiger partial charge < -0.3 is 30.5 Å². The van der Waals surface area contributed by atoms with E-state index in [1.54, 1.807) is 12.1 Å². The molecule has 0 aliphatic carbocycles. The largest absolute Gasteiger partial charge is 0.381 e. The predicted octanol–water partition coefficient (Wildman–Crippen LogP) is 5.12. The third kappa shape index (κ3) is 10.3. The van der Waals surface area contributed by atoms with E-state index in [-0.39, 0.29) is 43.1 Å². The number of aromatic nitrogens is 3. The van der Waals surface area contributed by atoms with Crippen LogP contribution in [0.25, 0.3) is 22.2 Å². The lowest BCUT2D eigenvalue weighted by molar-refractivity contribution is -0.126. The summed E-state index contributed by atoms with van der Waals surface area (Å²) in [5.74, 6) is -0.777. The molecule has 0 bridgehead atoms. The maximum absolute atomic E-state index is 15.0. The highest BCUT2D eigenvalue weighted by molar-refractivity contribution is 5.92. The maximum Gasteiger partial charge on any atom is 0.220 e. The summed E-state index contributed by atoms with van der Waals surface area (Å²) in [5, 5.41) is 15.1. The molecule has 12 heteroatoms. The molecule has 1 aliphatic rings. The standard InChI is InChI=1S/C39H53FN8O3/c1-6-35-32(38(44-30-15-19-51-20-16-30)33-25-43-48(7-2)39(33)45-35)24-42-37(50)14-13-36(49)41-23-27-11-12-34(40)31(22-27)29-10-8-9-28(21-29)26-47(5)18-17-46(3)4/h8-12,21-22,25,30H,6-7,13-20,23-24,26H2,1-5H3,(H,41,49)(H,42,50)(H,44,45). The molecule has 1 fully saturated rings. The number of anilines is 1. The predicted molar refractivity (Wildman–Crippen MR) is 200 cm³/mol. The summed E-state index contributed by atoms with van der Waals surface area (Å²) >= 11 is 0. The first-order chi connectivity index (χ1) is 24.6. The van der Waals surface area contributed by atoms with Crippen molar-refractivity contribution < 1.29 is 18.7 Å². The molecule has 3 heterocycles. The summed E-state index contributed by atoms with van der Waals surface area (Å²) in [5.41, 5.74) is 6.81. The van der Waals surface area contributed by atoms with Crippen molar-refractivity contribution in [2.45, 2.75) is 78.2 Å². The molecule has 2 aromatic carbocycles. The van der Waals surface area contributed by atoms with Crippen LogP contribution >= 0.6 is 0 Å². The number of ether oxygens (including phenoxy) is 1. The average Bonchev–Trinajstić information content (AvgIpc) is 3.55. The molecule has 0 saturated carbocycles. The van der Waals surface area contributed by atoms with E-state index in [0.29, 0.717) is 38.3 Å². The number of aryl methyl sites for hydroxylation is 2. The molecule has 1 saturated heterocycles. The van der Waals surface area contributed by atoms with Crippen LogP contribution in [0.2, 0.25) is 0 Å². The first-order valence-corrected chi connectivity index (χ1v) is 18.1. The highest BCUT2D eigenvalue weighted by Gasteiger charge is 2.22. The van der Waals surface area contributed by atoms with Crippen LogP contribution in [0.1, 0.15) is 61.9 Å². The van der Waals surface area contributed by atoms with E-state index < -0.39 is 0 Å². The molecule has 0 unspecified atom stereocenters. The Hall–Kier alpha value is -4.39. The molecule has 0 atom stereocenters. The molecular formula is C39H53FN8O3. The number of pyridine rings is 1. The summed E-state index contributed by atoms with van der Waals surface area (Å²) in [6.07, 6.45) is 4.43. The van der Waals surface area contributed by atoms with Gasteiger partial charge in [-0.15, -0.1) is 0 Å². The van der Waals surface area contributed by atoms with Gasteiger partial charge in [-0.1, -0.05) is 31.2 Å². The number of halogens is 1. The molecule has 0 spiro atoms. The van der Waals surface area contributed by atoms with Gasteiger partial charge in [0, 0.05) is 88.2 Å². The van der Waals surface area contributed by atoms with Gasteiger partial charge in [-0.2, -0.15) is 5.10 Å². The van der Waals surface area contributed by atoms with Gasteiger partial charge in [0.05, 0.1) is 17.3 Å². The van der Waals surface area contributed by atoms with Gasteiger partial charge in [0.15, 0.2) is 5.65 Å². The van der Waals surface area contributed by atoms with Gasteiger partial charge in [-0.3, -0.25) is 9.59 Å². The Kier molecular flexibility index (Phi) is 13.5. The van der Waals surface area contributed by atoms with Crippen LogP contribution < -0.4 is 16.0 Å². The van der Waals surface area contributed by atoms with Crippen LogP contribution in [-0.2, 0) is 46.9 Å². The summed E-state index contributed by atoms with van der Waals surface area (Å²) < 4.78 is 22.4. The summed E-state index contributed by atoms with van der Waals surface area (Å²) in [4.78, 5) is 35.1. The topological polar surface area (TPSA) is 117 Å². The fraction of sp³-hybridized carbons (Fsp3) is 0.487. The number of amides is 2. The van der Waals surface area contributed by atoms with Gasteiger partial charge in [-0.25, -0.2) is 14.1 Å². The second-order valence-electron chi connectivity index (χ2n) is 13.6. The quantitative estimate of drug-likeness (QED) is 0.139. The van der Waals surface area contributed by atoms with E-state index in [9.17, 15) is 14.0 Å². The molecule has 5 rings (SSSR count). The van der Waals surface area contributed by atoms with Crippen molar-refractivity contribution in [2.24, 2.45) is 0 Å². The maximum atomic E-state index is 15.0. The minimum Gasteiger partial charge on any atom is -0.381 e. The number of carbonyl (C=O) groups excluding carboxylic acids is 2. The minimum absolute atomic E-state index is 0.0393. The van der Waals surface area contributed by atoms with Crippen LogP contribution in [0, 0.1) is 5.82 Å². The molecule has 1 aliphatic heterocycles. The lowest BCUT2D eigenvalue weighted by atomic mass is 10.00. The van der Waals surface area contributed by atoms with Crippen molar-refractivity contribution in [3.05, 3.63) is 76.9 Å². The average molecular weight is 701 g/mol. The molecule has 274 valence electrons. The lowest BCUT2D eigenvalue weighted by Gasteiger charge is -2.26. The molecule has 0 radical (unpaired) electrons. The van der Waals surface area contributed by atoms with E-state index in [0.717, 1.165) is 77.1 Å². The summed E-state index contributed by atoms with van der Waals surface area (Å²) in [6.45, 7) is 9.40. The van der Waals surface area contributed by atoms with Crippen molar-refractivity contribution in [2.75, 3.05) is 52.8 Å². The number of fused-ring (bicyclic) bond motifs is 1. The van der Waals surface area contributed by atoms with Crippen molar-refractivity contribution in [3.8, 4) is 11.1 Å². The molecule has 2 aromatic heterocycles.